The van der Waals surface area contributed by atoms with E-state index in [4.69, 9.17) is 9.47 Å². The minimum atomic E-state index is -0.778. The minimum absolute atomic E-state index is 0.0731. The van der Waals surface area contributed by atoms with Gasteiger partial charge in [0.1, 0.15) is 33.7 Å². The van der Waals surface area contributed by atoms with Crippen molar-refractivity contribution in [1.82, 2.24) is 20.1 Å². The van der Waals surface area contributed by atoms with E-state index >= 15 is 4.39 Å². The van der Waals surface area contributed by atoms with Crippen LogP contribution in [0.25, 0.3) is 10.6 Å². The summed E-state index contributed by atoms with van der Waals surface area (Å²) in [6.07, 6.45) is 4.40. The zero-order valence-corrected chi connectivity index (χ0v) is 29.4. The zero-order valence-electron chi connectivity index (χ0n) is 28.6. The topological polar surface area (TPSA) is 140 Å². The lowest BCUT2D eigenvalue weighted by Crippen LogP contribution is -2.36. The van der Waals surface area contributed by atoms with E-state index in [9.17, 15) is 14.4 Å². The molecular weight excluding hydrogens is 662 g/mol. The molecule has 2 aromatic carbocycles. The number of aryl methyl sites for hydroxylation is 1. The average Bonchev–Trinajstić information content (AvgIpc) is 3.79. The monoisotopic (exact) mass is 703 g/mol. The first kappa shape index (κ1) is 34.9. The molecule has 1 atom stereocenters. The van der Waals surface area contributed by atoms with Crippen molar-refractivity contribution in [3.63, 3.8) is 0 Å². The lowest BCUT2D eigenvalue weighted by molar-refractivity contribution is 0.0636. The van der Waals surface area contributed by atoms with E-state index in [0.29, 0.717) is 36.6 Å². The molecule has 1 aliphatic heterocycles. The number of hydrogen-bond donors (Lipinski definition) is 3. The summed E-state index contributed by atoms with van der Waals surface area (Å²) in [7, 11) is 1.79. The van der Waals surface area contributed by atoms with Crippen molar-refractivity contribution in [2.24, 2.45) is 7.05 Å². The maximum atomic E-state index is 15.6. The number of rotatable bonds is 9. The summed E-state index contributed by atoms with van der Waals surface area (Å²) in [6.45, 7) is 6.66. The van der Waals surface area contributed by atoms with Gasteiger partial charge >= 0.3 is 12.2 Å². The van der Waals surface area contributed by atoms with Gasteiger partial charge in [-0.15, -0.1) is 0 Å². The molecule has 3 N–H and O–H groups in total. The molecule has 1 aliphatic carbocycles. The third-order valence-electron chi connectivity index (χ3n) is 8.45. The fourth-order valence-corrected chi connectivity index (χ4v) is 6.92. The molecule has 264 valence electrons. The van der Waals surface area contributed by atoms with E-state index in [1.165, 1.54) is 0 Å². The Labute approximate surface area is 294 Å². The van der Waals surface area contributed by atoms with E-state index < -0.39 is 23.7 Å². The third-order valence-corrected chi connectivity index (χ3v) is 9.46. The Kier molecular flexibility index (Phi) is 10.4. The lowest BCUT2D eigenvalue weighted by atomic mass is 10.1. The van der Waals surface area contributed by atoms with Crippen LogP contribution in [0.4, 0.5) is 30.5 Å². The molecule has 2 fully saturated rings. The van der Waals surface area contributed by atoms with Crippen molar-refractivity contribution in [3.8, 4) is 10.6 Å². The number of halogens is 1. The van der Waals surface area contributed by atoms with Crippen LogP contribution in [0.3, 0.4) is 0 Å². The van der Waals surface area contributed by atoms with Crippen molar-refractivity contribution >= 4 is 45.9 Å². The smallest absolute Gasteiger partial charge is 0.412 e. The number of benzene rings is 2. The highest BCUT2D eigenvalue weighted by Crippen LogP contribution is 2.44. The molecule has 12 nitrogen and oxygen atoms in total. The van der Waals surface area contributed by atoms with Crippen LogP contribution in [0.15, 0.2) is 54.7 Å². The molecule has 2 aromatic heterocycles. The molecule has 0 spiro atoms. The molecule has 3 amide bonds. The van der Waals surface area contributed by atoms with Gasteiger partial charge in [-0.3, -0.25) is 14.8 Å². The van der Waals surface area contributed by atoms with Crippen LogP contribution in [-0.4, -0.2) is 57.6 Å². The Hall–Kier alpha value is -4.98. The Morgan fingerprint density at radius 3 is 2.50 bits per heavy atom. The fraction of sp³-hybridized carbons (Fsp3) is 0.417. The first-order valence-corrected chi connectivity index (χ1v) is 17.6. The second-order valence-corrected chi connectivity index (χ2v) is 14.6. The highest BCUT2D eigenvalue weighted by Gasteiger charge is 2.31. The molecule has 1 saturated carbocycles. The Morgan fingerprint density at radius 2 is 1.76 bits per heavy atom. The van der Waals surface area contributed by atoms with Gasteiger partial charge in [-0.1, -0.05) is 53.8 Å². The number of nitrogens with one attached hydrogen (secondary N) is 3. The Bertz CT molecular complexity index is 1850. The number of ether oxygens (including phenoxy) is 2. The molecule has 14 heteroatoms. The minimum Gasteiger partial charge on any atom is -0.445 e. The number of anilines is 3. The lowest BCUT2D eigenvalue weighted by Gasteiger charge is -2.24. The summed E-state index contributed by atoms with van der Waals surface area (Å²) < 4.78 is 28.2. The summed E-state index contributed by atoms with van der Waals surface area (Å²) >= 11 is 1.01. The fourth-order valence-electron chi connectivity index (χ4n) is 5.95. The molecule has 2 aliphatic rings. The molecule has 1 saturated heterocycles. The molecule has 0 radical (unpaired) electrons. The number of hydrogen-bond acceptors (Lipinski definition) is 9. The summed E-state index contributed by atoms with van der Waals surface area (Å²) in [6, 6.07) is 14.6. The molecular formula is C36H42FN7O5S. The van der Waals surface area contributed by atoms with Gasteiger partial charge in [-0.2, -0.15) is 5.10 Å². The summed E-state index contributed by atoms with van der Waals surface area (Å²) in [5.41, 5.74) is 1.41. The zero-order chi connectivity index (χ0) is 35.4. The van der Waals surface area contributed by atoms with Crippen molar-refractivity contribution in [1.29, 1.82) is 0 Å². The maximum absolute atomic E-state index is 15.6. The molecule has 4 aromatic rings. The maximum Gasteiger partial charge on any atom is 0.412 e. The van der Waals surface area contributed by atoms with Crippen LogP contribution in [0.2, 0.25) is 0 Å². The van der Waals surface area contributed by atoms with Gasteiger partial charge in [-0.05, 0) is 76.0 Å². The quantitative estimate of drug-likeness (QED) is 0.163. The molecule has 0 bridgehead atoms. The Morgan fingerprint density at radius 1 is 0.980 bits per heavy atom. The normalized spacial score (nSPS) is 16.3. The van der Waals surface area contributed by atoms with Gasteiger partial charge in [0, 0.05) is 31.7 Å². The number of alkyl carbamates (subject to hydrolysis) is 1. The van der Waals surface area contributed by atoms with Gasteiger partial charge < -0.3 is 25.0 Å². The van der Waals surface area contributed by atoms with E-state index in [1.54, 1.807) is 56.9 Å². The van der Waals surface area contributed by atoms with E-state index in [-0.39, 0.29) is 45.6 Å². The number of amides is 3. The van der Waals surface area contributed by atoms with Crippen LogP contribution in [-0.2, 0) is 23.1 Å². The number of nitrogens with zero attached hydrogens (tertiary/aromatic N) is 4. The van der Waals surface area contributed by atoms with Crippen LogP contribution < -0.4 is 20.9 Å². The Balaban J connectivity index is 1.17. The van der Waals surface area contributed by atoms with Crippen LogP contribution in [0.1, 0.15) is 80.4 Å². The highest BCUT2D eigenvalue weighted by atomic mass is 32.1. The molecule has 50 heavy (non-hydrogen) atoms. The van der Waals surface area contributed by atoms with Gasteiger partial charge in [0.25, 0.3) is 5.91 Å². The SMILES string of the molecule is Cn1ncc(NC(=O)c2nc(-c3cccc(C4CC4)c3F)sc2NC(=O)OC(C)(C)C)c1N1CCC[C@@H](NC(=O)OCc2ccccc2)CC1. The second kappa shape index (κ2) is 14.9. The predicted molar refractivity (Wildman–Crippen MR) is 190 cm³/mol. The van der Waals surface area contributed by atoms with Crippen LogP contribution in [0, 0.1) is 5.82 Å². The van der Waals surface area contributed by atoms with E-state index in [2.05, 4.69) is 30.9 Å². The predicted octanol–water partition coefficient (Wildman–Crippen LogP) is 7.44. The second-order valence-electron chi connectivity index (χ2n) is 13.6. The molecule has 3 heterocycles. The largest absolute Gasteiger partial charge is 0.445 e. The average molecular weight is 704 g/mol. The number of carbonyl (C=O) groups excluding carboxylic acids is 3. The number of carbonyl (C=O) groups is 3. The summed E-state index contributed by atoms with van der Waals surface area (Å²) in [4.78, 5) is 45.9. The third kappa shape index (κ3) is 8.59. The van der Waals surface area contributed by atoms with E-state index in [0.717, 1.165) is 42.6 Å². The summed E-state index contributed by atoms with van der Waals surface area (Å²) in [5.74, 6) is -0.0972. The van der Waals surface area contributed by atoms with E-state index in [1.807, 2.05) is 30.3 Å². The van der Waals surface area contributed by atoms with Crippen LogP contribution in [0.5, 0.6) is 0 Å². The summed E-state index contributed by atoms with van der Waals surface area (Å²) in [5, 5.41) is 13.4. The first-order chi connectivity index (χ1) is 23.9. The standard InChI is InChI=1S/C36H42FN7O5S/c1-36(2,3)49-35(47)42-32-29(41-31(50-32)26-14-8-13-25(28(26)37)23-15-16-23)30(45)40-27-20-38-43(4)33(27)44-18-9-12-24(17-19-44)39-34(46)48-21-22-10-6-5-7-11-22/h5-8,10-11,13-14,20,23-24H,9,12,15-19,21H2,1-4H3,(H,39,46)(H,40,45)(H,42,47)/t24-/m1/s1. The molecule has 6 rings (SSSR count). The van der Waals surface area contributed by atoms with Gasteiger partial charge in [0.05, 0.1) is 6.20 Å². The molecule has 0 unspecified atom stereocenters. The van der Waals surface area contributed by atoms with Crippen molar-refractivity contribution in [2.75, 3.05) is 28.6 Å². The first-order valence-electron chi connectivity index (χ1n) is 16.8. The number of aromatic nitrogens is 3. The highest BCUT2D eigenvalue weighted by molar-refractivity contribution is 7.19. The van der Waals surface area contributed by atoms with Crippen LogP contribution >= 0.6 is 11.3 Å². The van der Waals surface area contributed by atoms with Crippen molar-refractivity contribution in [2.45, 2.75) is 77.0 Å². The number of thiazole rings is 1. The van der Waals surface area contributed by atoms with Gasteiger partial charge in [0.15, 0.2) is 11.5 Å². The van der Waals surface area contributed by atoms with Gasteiger partial charge in [0.2, 0.25) is 0 Å². The van der Waals surface area contributed by atoms with Crippen molar-refractivity contribution in [3.05, 3.63) is 77.4 Å². The van der Waals surface area contributed by atoms with Gasteiger partial charge in [-0.25, -0.2) is 19.0 Å². The van der Waals surface area contributed by atoms with Crippen molar-refractivity contribution < 1.29 is 28.2 Å².